The summed E-state index contributed by atoms with van der Waals surface area (Å²) < 4.78 is 0. The molecule has 0 aliphatic carbocycles. The molecule has 0 unspecified atom stereocenters. The number of carbonyl (C=O) groups is 1. The maximum absolute atomic E-state index is 12.0. The molecule has 1 aliphatic heterocycles. The van der Waals surface area contributed by atoms with Crippen molar-refractivity contribution in [2.24, 2.45) is 5.16 Å². The Morgan fingerprint density at radius 2 is 1.95 bits per heavy atom. The van der Waals surface area contributed by atoms with Gasteiger partial charge in [-0.1, -0.05) is 46.6 Å². The summed E-state index contributed by atoms with van der Waals surface area (Å²) in [6, 6.07) is 12.5. The highest BCUT2D eigenvalue weighted by Gasteiger charge is 2.17. The van der Waals surface area contributed by atoms with Gasteiger partial charge in [0.15, 0.2) is 0 Å². The number of rotatable bonds is 2. The summed E-state index contributed by atoms with van der Waals surface area (Å²) in [6.07, 6.45) is 0.760. The zero-order valence-corrected chi connectivity index (χ0v) is 13.7. The van der Waals surface area contributed by atoms with Crippen molar-refractivity contribution in [3.63, 3.8) is 0 Å². The first-order valence-corrected chi connectivity index (χ1v) is 8.35. The van der Waals surface area contributed by atoms with Crippen molar-refractivity contribution in [3.8, 4) is 0 Å². The normalized spacial score (nSPS) is 15.5. The molecule has 0 N–H and O–H groups in total. The van der Waals surface area contributed by atoms with Crippen molar-refractivity contribution in [2.45, 2.75) is 11.3 Å². The lowest BCUT2D eigenvalue weighted by atomic mass is 10.1. The van der Waals surface area contributed by atoms with Crippen molar-refractivity contribution < 1.29 is 9.63 Å². The molecular weight excluding hydrogens is 341 g/mol. The Labute approximate surface area is 142 Å². The minimum Gasteiger partial charge on any atom is -0.313 e. The average Bonchev–Trinajstić information content (AvgIpc) is 2.55. The van der Waals surface area contributed by atoms with E-state index in [4.69, 9.17) is 28.0 Å². The van der Waals surface area contributed by atoms with Gasteiger partial charge in [0.05, 0.1) is 21.3 Å². The molecular formula is C16H11Cl2NO2S. The van der Waals surface area contributed by atoms with Gasteiger partial charge in [-0.2, -0.15) is 0 Å². The van der Waals surface area contributed by atoms with E-state index in [9.17, 15) is 4.79 Å². The van der Waals surface area contributed by atoms with Crippen molar-refractivity contribution >= 4 is 46.6 Å². The van der Waals surface area contributed by atoms with Crippen LogP contribution in [0.4, 0.5) is 0 Å². The van der Waals surface area contributed by atoms with Crippen molar-refractivity contribution in [1.82, 2.24) is 0 Å². The summed E-state index contributed by atoms with van der Waals surface area (Å²) in [4.78, 5) is 18.2. The Balaban J connectivity index is 1.79. The summed E-state index contributed by atoms with van der Waals surface area (Å²) in [5, 5.41) is 4.73. The second-order valence-corrected chi connectivity index (χ2v) is 6.59. The highest BCUT2D eigenvalue weighted by Crippen LogP contribution is 2.30. The van der Waals surface area contributed by atoms with E-state index in [2.05, 4.69) is 5.16 Å². The van der Waals surface area contributed by atoms with E-state index in [1.165, 1.54) is 6.07 Å². The van der Waals surface area contributed by atoms with E-state index in [-0.39, 0.29) is 0 Å². The predicted octanol–water partition coefficient (Wildman–Crippen LogP) is 5.05. The Morgan fingerprint density at radius 1 is 1.14 bits per heavy atom. The fourth-order valence-corrected chi connectivity index (χ4v) is 3.42. The molecule has 1 aliphatic rings. The molecule has 0 saturated heterocycles. The summed E-state index contributed by atoms with van der Waals surface area (Å²) in [7, 11) is 0. The zero-order valence-electron chi connectivity index (χ0n) is 11.4. The third-order valence-electron chi connectivity index (χ3n) is 3.19. The Kier molecular flexibility index (Phi) is 4.71. The molecule has 22 heavy (non-hydrogen) atoms. The van der Waals surface area contributed by atoms with E-state index in [0.29, 0.717) is 15.6 Å². The van der Waals surface area contributed by atoms with Gasteiger partial charge < -0.3 is 4.84 Å². The lowest BCUT2D eigenvalue weighted by Crippen LogP contribution is -2.11. The van der Waals surface area contributed by atoms with Gasteiger partial charge in [0.25, 0.3) is 0 Å². The third-order valence-corrected chi connectivity index (χ3v) is 5.00. The molecule has 2 aromatic rings. The molecule has 3 rings (SSSR count). The molecule has 0 atom stereocenters. The van der Waals surface area contributed by atoms with Gasteiger partial charge in [0.1, 0.15) is 0 Å². The minimum absolute atomic E-state index is 0.309. The Hall–Kier alpha value is -1.49. The number of hydrogen-bond donors (Lipinski definition) is 0. The topological polar surface area (TPSA) is 38.7 Å². The number of benzene rings is 2. The van der Waals surface area contributed by atoms with Crippen LogP contribution < -0.4 is 0 Å². The van der Waals surface area contributed by atoms with Gasteiger partial charge in [-0.3, -0.25) is 0 Å². The lowest BCUT2D eigenvalue weighted by Gasteiger charge is -2.16. The summed E-state index contributed by atoms with van der Waals surface area (Å²) in [5.41, 5.74) is 2.11. The quantitative estimate of drug-likeness (QED) is 0.561. The number of carbonyl (C=O) groups excluding carboxylic acids is 1. The largest absolute Gasteiger partial charge is 0.365 e. The summed E-state index contributed by atoms with van der Waals surface area (Å²) in [6.45, 7) is 0. The number of thioether (sulfide) groups is 1. The van der Waals surface area contributed by atoms with Crippen LogP contribution in [-0.4, -0.2) is 17.4 Å². The molecule has 112 valence electrons. The van der Waals surface area contributed by atoms with Crippen LogP contribution >= 0.6 is 35.0 Å². The van der Waals surface area contributed by atoms with E-state index in [0.717, 1.165) is 28.3 Å². The molecule has 0 amide bonds. The van der Waals surface area contributed by atoms with Crippen LogP contribution in [0, 0.1) is 0 Å². The molecule has 0 bridgehead atoms. The first kappa shape index (κ1) is 15.4. The van der Waals surface area contributed by atoms with Crippen molar-refractivity contribution in [2.75, 3.05) is 5.75 Å². The monoisotopic (exact) mass is 351 g/mol. The summed E-state index contributed by atoms with van der Waals surface area (Å²) >= 11 is 13.5. The second kappa shape index (κ2) is 6.73. The molecule has 0 spiro atoms. The molecule has 1 heterocycles. The van der Waals surface area contributed by atoms with Crippen molar-refractivity contribution in [3.05, 3.63) is 63.6 Å². The van der Waals surface area contributed by atoms with Crippen LogP contribution in [0.3, 0.4) is 0 Å². The molecule has 0 aromatic heterocycles. The minimum atomic E-state index is -0.554. The zero-order chi connectivity index (χ0) is 15.5. The average molecular weight is 352 g/mol. The number of halogens is 2. The molecule has 0 radical (unpaired) electrons. The van der Waals surface area contributed by atoms with Gasteiger partial charge in [-0.15, -0.1) is 11.8 Å². The molecule has 0 fully saturated rings. The maximum Gasteiger partial charge on any atom is 0.365 e. The maximum atomic E-state index is 12.0. The fraction of sp³-hybridized carbons (Fsp3) is 0.125. The standard InChI is InChI=1S/C16H11Cl2NO2S/c17-12-6-5-10(9-13(12)18)16(20)21-19-14-7-8-22-15-4-2-1-3-11(14)15/h1-6,9H,7-8H2/b19-14-. The van der Waals surface area contributed by atoms with Crippen LogP contribution in [0.15, 0.2) is 52.5 Å². The third kappa shape index (κ3) is 3.29. The van der Waals surface area contributed by atoms with Crippen LogP contribution in [0.2, 0.25) is 10.0 Å². The van der Waals surface area contributed by atoms with Gasteiger partial charge in [-0.05, 0) is 24.3 Å². The smallest absolute Gasteiger partial charge is 0.313 e. The van der Waals surface area contributed by atoms with Gasteiger partial charge in [-0.25, -0.2) is 4.79 Å². The number of hydrogen-bond acceptors (Lipinski definition) is 4. The Bertz CT molecular complexity index is 762. The van der Waals surface area contributed by atoms with Crippen LogP contribution in [-0.2, 0) is 4.84 Å². The SMILES string of the molecule is O=C(O/N=C1/CCSc2ccccc21)c1ccc(Cl)c(Cl)c1. The highest BCUT2D eigenvalue weighted by atomic mass is 35.5. The van der Waals surface area contributed by atoms with Gasteiger partial charge >= 0.3 is 5.97 Å². The van der Waals surface area contributed by atoms with E-state index >= 15 is 0 Å². The molecule has 3 nitrogen and oxygen atoms in total. The fourth-order valence-electron chi connectivity index (χ4n) is 2.09. The molecule has 6 heteroatoms. The Morgan fingerprint density at radius 3 is 2.77 bits per heavy atom. The first-order chi connectivity index (χ1) is 10.6. The lowest BCUT2D eigenvalue weighted by molar-refractivity contribution is 0.0516. The first-order valence-electron chi connectivity index (χ1n) is 6.60. The van der Waals surface area contributed by atoms with Crippen molar-refractivity contribution in [1.29, 1.82) is 0 Å². The van der Waals surface area contributed by atoms with E-state index in [1.54, 1.807) is 23.9 Å². The van der Waals surface area contributed by atoms with Gasteiger partial charge in [0, 0.05) is 22.6 Å². The highest BCUT2D eigenvalue weighted by molar-refractivity contribution is 7.99. The molecule has 0 saturated carbocycles. The number of fused-ring (bicyclic) bond motifs is 1. The van der Waals surface area contributed by atoms with E-state index in [1.807, 2.05) is 24.3 Å². The van der Waals surface area contributed by atoms with Crippen LogP contribution in [0.25, 0.3) is 0 Å². The second-order valence-electron chi connectivity index (χ2n) is 4.64. The van der Waals surface area contributed by atoms with E-state index < -0.39 is 5.97 Å². The number of oxime groups is 1. The van der Waals surface area contributed by atoms with Crippen LogP contribution in [0.5, 0.6) is 0 Å². The van der Waals surface area contributed by atoms with Gasteiger partial charge in [0.2, 0.25) is 0 Å². The molecule has 2 aromatic carbocycles. The predicted molar refractivity (Wildman–Crippen MR) is 90.2 cm³/mol. The van der Waals surface area contributed by atoms with Crippen LogP contribution in [0.1, 0.15) is 22.3 Å². The number of nitrogens with zero attached hydrogens (tertiary/aromatic N) is 1. The summed E-state index contributed by atoms with van der Waals surface area (Å²) in [5.74, 6) is 0.363.